The number of piperazine rings is 1. The van der Waals surface area contributed by atoms with Gasteiger partial charge in [0.1, 0.15) is 6.04 Å². The van der Waals surface area contributed by atoms with Gasteiger partial charge in [-0.25, -0.2) is 8.42 Å². The number of aryl methyl sites for hydroxylation is 2. The van der Waals surface area contributed by atoms with E-state index in [1.165, 1.54) is 4.31 Å². The Morgan fingerprint density at radius 2 is 1.85 bits per heavy atom. The summed E-state index contributed by atoms with van der Waals surface area (Å²) in [5.41, 5.74) is 2.02. The first-order chi connectivity index (χ1) is 12.3. The molecular weight excluding hydrogens is 354 g/mol. The summed E-state index contributed by atoms with van der Waals surface area (Å²) in [6.45, 7) is 8.42. The molecule has 1 aromatic rings. The first-order valence-electron chi connectivity index (χ1n) is 9.02. The van der Waals surface area contributed by atoms with Crippen LogP contribution in [0.15, 0.2) is 23.1 Å². The summed E-state index contributed by atoms with van der Waals surface area (Å²) < 4.78 is 32.7. The second-order valence-electron chi connectivity index (χ2n) is 6.98. The van der Waals surface area contributed by atoms with Gasteiger partial charge in [-0.15, -0.1) is 0 Å². The van der Waals surface area contributed by atoms with E-state index in [0.29, 0.717) is 44.2 Å². The molecule has 0 radical (unpaired) electrons. The number of sulfonamides is 1. The van der Waals surface area contributed by atoms with Crippen LogP contribution in [0.2, 0.25) is 0 Å². The van der Waals surface area contributed by atoms with Crippen LogP contribution in [0.5, 0.6) is 0 Å². The normalized spacial score (nSPS) is 25.3. The van der Waals surface area contributed by atoms with Crippen molar-refractivity contribution < 1.29 is 17.9 Å². The topological polar surface area (TPSA) is 79.0 Å². The number of morpholine rings is 1. The van der Waals surface area contributed by atoms with E-state index in [0.717, 1.165) is 11.1 Å². The van der Waals surface area contributed by atoms with Gasteiger partial charge < -0.3 is 15.0 Å². The molecule has 0 saturated carbocycles. The number of amides is 1. The average molecular weight is 381 g/mol. The molecule has 0 aliphatic carbocycles. The van der Waals surface area contributed by atoms with E-state index in [-0.39, 0.29) is 18.1 Å². The minimum Gasteiger partial charge on any atom is -0.375 e. The van der Waals surface area contributed by atoms with Crippen molar-refractivity contribution in [2.75, 3.05) is 39.3 Å². The molecule has 2 fully saturated rings. The van der Waals surface area contributed by atoms with Crippen LogP contribution >= 0.6 is 0 Å². The third kappa shape index (κ3) is 3.78. The molecule has 0 aromatic heterocycles. The molecule has 3 rings (SSSR count). The molecular formula is C18H27N3O4S. The van der Waals surface area contributed by atoms with Crippen molar-refractivity contribution in [2.45, 2.75) is 37.8 Å². The maximum absolute atomic E-state index is 12.9. The highest BCUT2D eigenvalue weighted by molar-refractivity contribution is 7.89. The number of benzene rings is 1. The Hall–Kier alpha value is -1.48. The monoisotopic (exact) mass is 381 g/mol. The molecule has 144 valence electrons. The van der Waals surface area contributed by atoms with Gasteiger partial charge in [0.25, 0.3) is 0 Å². The zero-order chi connectivity index (χ0) is 18.9. The highest BCUT2D eigenvalue weighted by Crippen LogP contribution is 2.21. The minimum absolute atomic E-state index is 0.0135. The molecule has 1 aromatic carbocycles. The molecule has 8 heteroatoms. The lowest BCUT2D eigenvalue weighted by molar-refractivity contribution is -0.140. The predicted octanol–water partition coefficient (Wildman–Crippen LogP) is 0.513. The second-order valence-corrected chi connectivity index (χ2v) is 8.92. The number of rotatable bonds is 3. The Bertz CT molecular complexity index is 773. The van der Waals surface area contributed by atoms with Crippen molar-refractivity contribution in [3.8, 4) is 0 Å². The SMILES string of the molecule is Cc1ccc(S(=O)(=O)N2CCN(C(=O)[C@H]3NCCO[C@@H]3C)CC2)cc1C. The molecule has 0 unspecified atom stereocenters. The van der Waals surface area contributed by atoms with E-state index in [1.54, 1.807) is 17.0 Å². The van der Waals surface area contributed by atoms with Crippen LogP contribution in [0.3, 0.4) is 0 Å². The van der Waals surface area contributed by atoms with Crippen LogP contribution in [-0.4, -0.2) is 75.0 Å². The summed E-state index contributed by atoms with van der Waals surface area (Å²) in [6.07, 6.45) is -0.173. The Kier molecular flexibility index (Phi) is 5.67. The van der Waals surface area contributed by atoms with Crippen molar-refractivity contribution in [1.82, 2.24) is 14.5 Å². The molecule has 1 N–H and O–H groups in total. The molecule has 7 nitrogen and oxygen atoms in total. The van der Waals surface area contributed by atoms with E-state index in [9.17, 15) is 13.2 Å². The molecule has 0 spiro atoms. The highest BCUT2D eigenvalue weighted by atomic mass is 32.2. The van der Waals surface area contributed by atoms with Gasteiger partial charge in [0.05, 0.1) is 17.6 Å². The van der Waals surface area contributed by atoms with Gasteiger partial charge in [-0.05, 0) is 44.0 Å². The Morgan fingerprint density at radius 3 is 2.46 bits per heavy atom. The molecule has 2 saturated heterocycles. The zero-order valence-electron chi connectivity index (χ0n) is 15.6. The summed E-state index contributed by atoms with van der Waals surface area (Å²) >= 11 is 0. The largest absolute Gasteiger partial charge is 0.375 e. The maximum Gasteiger partial charge on any atom is 0.243 e. The molecule has 2 heterocycles. The maximum atomic E-state index is 12.9. The number of hydrogen-bond acceptors (Lipinski definition) is 5. The first-order valence-corrected chi connectivity index (χ1v) is 10.5. The number of ether oxygens (including phenoxy) is 1. The van der Waals surface area contributed by atoms with E-state index in [1.807, 2.05) is 26.8 Å². The van der Waals surface area contributed by atoms with Crippen molar-refractivity contribution in [1.29, 1.82) is 0 Å². The summed E-state index contributed by atoms with van der Waals surface area (Å²) in [7, 11) is -3.53. The number of nitrogens with zero attached hydrogens (tertiary/aromatic N) is 2. The van der Waals surface area contributed by atoms with Gasteiger partial charge >= 0.3 is 0 Å². The number of carbonyl (C=O) groups excluding carboxylic acids is 1. The third-order valence-electron chi connectivity index (χ3n) is 5.25. The van der Waals surface area contributed by atoms with Crippen LogP contribution in [0.4, 0.5) is 0 Å². The van der Waals surface area contributed by atoms with E-state index < -0.39 is 10.0 Å². The summed E-state index contributed by atoms with van der Waals surface area (Å²) in [5.74, 6) is -0.0135. The summed E-state index contributed by atoms with van der Waals surface area (Å²) in [6, 6.07) is 4.84. The van der Waals surface area contributed by atoms with Crippen LogP contribution in [-0.2, 0) is 19.6 Å². The molecule has 1 amide bonds. The van der Waals surface area contributed by atoms with Gasteiger partial charge in [-0.3, -0.25) is 4.79 Å². The zero-order valence-corrected chi connectivity index (χ0v) is 16.4. The van der Waals surface area contributed by atoms with Gasteiger partial charge in [0.15, 0.2) is 0 Å². The van der Waals surface area contributed by atoms with Crippen LogP contribution in [0.1, 0.15) is 18.1 Å². The van der Waals surface area contributed by atoms with Crippen molar-refractivity contribution in [3.63, 3.8) is 0 Å². The van der Waals surface area contributed by atoms with Crippen LogP contribution < -0.4 is 5.32 Å². The lowest BCUT2D eigenvalue weighted by Gasteiger charge is -2.38. The quantitative estimate of drug-likeness (QED) is 0.826. The second kappa shape index (κ2) is 7.64. The fourth-order valence-corrected chi connectivity index (χ4v) is 4.89. The summed E-state index contributed by atoms with van der Waals surface area (Å²) in [5, 5.41) is 3.20. The molecule has 2 aliphatic heterocycles. The number of carbonyl (C=O) groups is 1. The first kappa shape index (κ1) is 19.3. The van der Waals surface area contributed by atoms with Crippen LogP contribution in [0, 0.1) is 13.8 Å². The van der Waals surface area contributed by atoms with Crippen molar-refractivity contribution in [3.05, 3.63) is 29.3 Å². The summed E-state index contributed by atoms with van der Waals surface area (Å²) in [4.78, 5) is 14.7. The Balaban J connectivity index is 1.65. The Morgan fingerprint density at radius 1 is 1.15 bits per heavy atom. The fraction of sp³-hybridized carbons (Fsp3) is 0.611. The fourth-order valence-electron chi connectivity index (χ4n) is 3.38. The van der Waals surface area contributed by atoms with Gasteiger partial charge in [0, 0.05) is 32.7 Å². The Labute approximate surface area is 155 Å². The lowest BCUT2D eigenvalue weighted by atomic mass is 10.1. The van der Waals surface area contributed by atoms with Gasteiger partial charge in [-0.2, -0.15) is 4.31 Å². The molecule has 0 bridgehead atoms. The smallest absolute Gasteiger partial charge is 0.243 e. The standard InChI is InChI=1S/C18H27N3O4S/c1-13-4-5-16(12-14(13)2)26(23,24)21-9-7-20(8-10-21)18(22)17-15(3)25-11-6-19-17/h4-5,12,15,17,19H,6-11H2,1-3H3/t15-,17+/m1/s1. The highest BCUT2D eigenvalue weighted by Gasteiger charge is 2.35. The third-order valence-corrected chi connectivity index (χ3v) is 7.14. The van der Waals surface area contributed by atoms with Gasteiger partial charge in [-0.1, -0.05) is 6.07 Å². The number of nitrogens with one attached hydrogen (secondary N) is 1. The predicted molar refractivity (Wildman–Crippen MR) is 98.5 cm³/mol. The number of hydrogen-bond donors (Lipinski definition) is 1. The average Bonchev–Trinajstić information content (AvgIpc) is 2.64. The molecule has 2 atom stereocenters. The molecule has 26 heavy (non-hydrogen) atoms. The van der Waals surface area contributed by atoms with E-state index in [4.69, 9.17) is 4.74 Å². The van der Waals surface area contributed by atoms with E-state index >= 15 is 0 Å². The van der Waals surface area contributed by atoms with Gasteiger partial charge in [0.2, 0.25) is 15.9 Å². The minimum atomic E-state index is -3.53. The van der Waals surface area contributed by atoms with Crippen molar-refractivity contribution >= 4 is 15.9 Å². The van der Waals surface area contributed by atoms with Crippen molar-refractivity contribution in [2.24, 2.45) is 0 Å². The van der Waals surface area contributed by atoms with Crippen LogP contribution in [0.25, 0.3) is 0 Å². The molecule has 2 aliphatic rings. The lowest BCUT2D eigenvalue weighted by Crippen LogP contribution is -2.60. The van der Waals surface area contributed by atoms with E-state index in [2.05, 4.69) is 5.32 Å².